The lowest BCUT2D eigenvalue weighted by Crippen LogP contribution is -2.49. The Balaban J connectivity index is 1.20. The molecule has 15 nitrogen and oxygen atoms in total. The summed E-state index contributed by atoms with van der Waals surface area (Å²) in [6, 6.07) is 5.53. The van der Waals surface area contributed by atoms with Gasteiger partial charge in [-0.2, -0.15) is 0 Å². The van der Waals surface area contributed by atoms with Gasteiger partial charge in [0.2, 0.25) is 11.3 Å². The number of rotatable bonds is 11. The topological polar surface area (TPSA) is 197 Å². The summed E-state index contributed by atoms with van der Waals surface area (Å²) in [4.78, 5) is 70.5. The maximum Gasteiger partial charge on any atom is 0.470 e. The number of phosphoric ester groups is 1. The van der Waals surface area contributed by atoms with Crippen LogP contribution in [-0.2, 0) is 18.6 Å². The lowest BCUT2D eigenvalue weighted by molar-refractivity contribution is -0.119. The van der Waals surface area contributed by atoms with Gasteiger partial charge in [-0.3, -0.25) is 19.0 Å². The number of amides is 2. The van der Waals surface area contributed by atoms with Gasteiger partial charge in [0.1, 0.15) is 30.2 Å². The molecule has 1 aliphatic carbocycles. The van der Waals surface area contributed by atoms with E-state index in [1.54, 1.807) is 9.47 Å². The number of carbonyl (C=O) groups excluding carboxylic acids is 2. The summed E-state index contributed by atoms with van der Waals surface area (Å²) < 4.78 is 60.4. The third kappa shape index (κ3) is 7.25. The van der Waals surface area contributed by atoms with E-state index in [2.05, 4.69) is 5.32 Å². The number of halogens is 2. The zero-order valence-corrected chi connectivity index (χ0v) is 27.0. The smallest absolute Gasteiger partial charge is 0.470 e. The minimum Gasteiger partial charge on any atom is -0.487 e. The van der Waals surface area contributed by atoms with Gasteiger partial charge in [-0.15, -0.1) is 0 Å². The van der Waals surface area contributed by atoms with Crippen molar-refractivity contribution in [1.29, 1.82) is 0 Å². The molecule has 6 rings (SSSR count). The van der Waals surface area contributed by atoms with Gasteiger partial charge in [-0.25, -0.2) is 22.9 Å². The van der Waals surface area contributed by atoms with Crippen LogP contribution in [0, 0.1) is 11.6 Å². The standard InChI is InChI=1S/C31H33F2N4O11P/c1-17(38)34-13-20-15-46-30(42)37(20)19-4-5-27(24(33)10-19)47-16-31(48-49(43,44)45)6-8-35(9-7-31)26-12-25-21(11-23(26)32)28(39)22(29(40)41)14-36(25)18-2-3-18/h4-5,10-12,14,18,20H,2-3,6-9,13,15-16H2,1H3,(H,34,38)(H,40,41)(H2,43,44,45)/t20-/m0/s1. The van der Waals surface area contributed by atoms with Gasteiger partial charge >= 0.3 is 19.9 Å². The largest absolute Gasteiger partial charge is 0.487 e. The second-order valence-corrected chi connectivity index (χ2v) is 13.5. The molecule has 0 unspecified atom stereocenters. The van der Waals surface area contributed by atoms with E-state index in [-0.39, 0.29) is 73.5 Å². The lowest BCUT2D eigenvalue weighted by atomic mass is 9.92. The molecular formula is C31H33F2N4O11P. The monoisotopic (exact) mass is 706 g/mol. The van der Waals surface area contributed by atoms with Crippen LogP contribution in [0.2, 0.25) is 0 Å². The molecule has 1 saturated carbocycles. The number of phosphoric acid groups is 1. The van der Waals surface area contributed by atoms with Crippen LogP contribution in [0.5, 0.6) is 5.75 Å². The van der Waals surface area contributed by atoms with Gasteiger partial charge < -0.3 is 39.2 Å². The average Bonchev–Trinajstić information content (AvgIpc) is 3.80. The molecule has 2 saturated heterocycles. The average molecular weight is 707 g/mol. The van der Waals surface area contributed by atoms with E-state index < -0.39 is 60.8 Å². The van der Waals surface area contributed by atoms with Crippen molar-refractivity contribution in [1.82, 2.24) is 9.88 Å². The van der Waals surface area contributed by atoms with Crippen LogP contribution in [0.3, 0.4) is 0 Å². The minimum atomic E-state index is -5.09. The zero-order valence-electron chi connectivity index (χ0n) is 26.1. The Labute approximate surface area is 277 Å². The molecule has 3 aliphatic rings. The van der Waals surface area contributed by atoms with E-state index in [0.717, 1.165) is 25.0 Å². The molecule has 2 aromatic carbocycles. The fraction of sp³-hybridized carbons (Fsp3) is 0.419. The first-order chi connectivity index (χ1) is 23.1. The summed E-state index contributed by atoms with van der Waals surface area (Å²) in [5.74, 6) is -3.68. The number of aromatic nitrogens is 1. The van der Waals surface area contributed by atoms with Crippen molar-refractivity contribution in [3.05, 3.63) is 63.9 Å². The van der Waals surface area contributed by atoms with Crippen LogP contribution in [0.1, 0.15) is 49.0 Å². The molecule has 3 aromatic rings. The highest BCUT2D eigenvalue weighted by Gasteiger charge is 2.43. The third-order valence-electron chi connectivity index (χ3n) is 8.83. The number of cyclic esters (lactones) is 1. The number of anilines is 2. The predicted molar refractivity (Wildman–Crippen MR) is 169 cm³/mol. The van der Waals surface area contributed by atoms with Gasteiger partial charge in [-0.05, 0) is 49.9 Å². The predicted octanol–water partition coefficient (Wildman–Crippen LogP) is 3.30. The van der Waals surface area contributed by atoms with Gasteiger partial charge in [0.25, 0.3) is 0 Å². The summed E-state index contributed by atoms with van der Waals surface area (Å²) in [6.07, 6.45) is 1.92. The summed E-state index contributed by atoms with van der Waals surface area (Å²) in [6.45, 7) is 0.943. The van der Waals surface area contributed by atoms with Crippen LogP contribution in [0.4, 0.5) is 25.0 Å². The molecule has 3 heterocycles. The Kier molecular flexibility index (Phi) is 9.13. The van der Waals surface area contributed by atoms with Crippen molar-refractivity contribution in [3.63, 3.8) is 0 Å². The number of nitrogens with zero attached hydrogens (tertiary/aromatic N) is 3. The lowest BCUT2D eigenvalue weighted by Gasteiger charge is -2.42. The number of pyridine rings is 1. The van der Waals surface area contributed by atoms with Gasteiger partial charge in [0.15, 0.2) is 11.6 Å². The number of aromatic carboxylic acids is 1. The van der Waals surface area contributed by atoms with E-state index in [1.165, 1.54) is 36.2 Å². The van der Waals surface area contributed by atoms with Crippen LogP contribution in [0.15, 0.2) is 41.3 Å². The Morgan fingerprint density at radius 3 is 2.43 bits per heavy atom. The number of carboxylic acids is 1. The maximum absolute atomic E-state index is 15.5. The van der Waals surface area contributed by atoms with E-state index in [4.69, 9.17) is 14.0 Å². The summed E-state index contributed by atoms with van der Waals surface area (Å²) in [5, 5.41) is 12.0. The van der Waals surface area contributed by atoms with E-state index in [1.807, 2.05) is 0 Å². The van der Waals surface area contributed by atoms with Crippen LogP contribution in [-0.4, -0.2) is 81.9 Å². The molecule has 0 bridgehead atoms. The first-order valence-corrected chi connectivity index (χ1v) is 16.9. The van der Waals surface area contributed by atoms with Crippen molar-refractivity contribution in [2.45, 2.75) is 50.3 Å². The van der Waals surface area contributed by atoms with Crippen molar-refractivity contribution >= 4 is 48.1 Å². The number of fused-ring (bicyclic) bond motifs is 1. The molecule has 18 heteroatoms. The van der Waals surface area contributed by atoms with Gasteiger partial charge in [0.05, 0.1) is 22.9 Å². The fourth-order valence-electron chi connectivity index (χ4n) is 6.23. The van der Waals surface area contributed by atoms with E-state index >= 15 is 8.78 Å². The quantitative estimate of drug-likeness (QED) is 0.213. The number of carbonyl (C=O) groups is 3. The number of carboxylic acid groups (broad SMARTS) is 1. The Morgan fingerprint density at radius 1 is 1.10 bits per heavy atom. The summed E-state index contributed by atoms with van der Waals surface area (Å²) in [5.41, 5.74) is -2.26. The van der Waals surface area contributed by atoms with Crippen LogP contribution >= 0.6 is 7.82 Å². The second kappa shape index (κ2) is 13.0. The molecular weight excluding hydrogens is 673 g/mol. The normalized spacial score (nSPS) is 19.2. The third-order valence-corrected chi connectivity index (χ3v) is 9.46. The number of piperidine rings is 1. The minimum absolute atomic E-state index is 0.0206. The summed E-state index contributed by atoms with van der Waals surface area (Å²) in [7, 11) is -5.09. The molecule has 262 valence electrons. The highest BCUT2D eigenvalue weighted by atomic mass is 31.2. The van der Waals surface area contributed by atoms with Gasteiger partial charge in [-0.1, -0.05) is 0 Å². The highest BCUT2D eigenvalue weighted by Crippen LogP contribution is 2.46. The van der Waals surface area contributed by atoms with Crippen LogP contribution in [0.25, 0.3) is 10.9 Å². The molecule has 49 heavy (non-hydrogen) atoms. The molecule has 0 radical (unpaired) electrons. The zero-order chi connectivity index (χ0) is 35.2. The molecule has 1 atom stereocenters. The number of benzene rings is 2. The first-order valence-electron chi connectivity index (χ1n) is 15.4. The summed E-state index contributed by atoms with van der Waals surface area (Å²) >= 11 is 0. The number of hydrogen-bond donors (Lipinski definition) is 4. The van der Waals surface area contributed by atoms with Crippen molar-refractivity contribution < 1.29 is 56.6 Å². The molecule has 2 amide bonds. The molecule has 1 aromatic heterocycles. The van der Waals surface area contributed by atoms with Crippen molar-refractivity contribution in [2.75, 3.05) is 42.6 Å². The highest BCUT2D eigenvalue weighted by molar-refractivity contribution is 7.46. The molecule has 0 spiro atoms. The van der Waals surface area contributed by atoms with Crippen molar-refractivity contribution in [3.8, 4) is 5.75 Å². The van der Waals surface area contributed by atoms with Crippen molar-refractivity contribution in [2.24, 2.45) is 0 Å². The molecule has 4 N–H and O–H groups in total. The number of ether oxygens (including phenoxy) is 2. The Morgan fingerprint density at radius 2 is 1.82 bits per heavy atom. The van der Waals surface area contributed by atoms with Crippen LogP contribution < -0.4 is 25.3 Å². The first kappa shape index (κ1) is 34.3. The van der Waals surface area contributed by atoms with E-state index in [9.17, 15) is 38.6 Å². The number of nitrogens with one attached hydrogen (secondary N) is 1. The SMILES string of the molecule is CC(=O)NC[C@H]1COC(=O)N1c1ccc(OCC2(OP(=O)(O)O)CCN(c3cc4c(cc3F)c(=O)c(C(=O)O)cn4C3CC3)CC2)c(F)c1. The maximum atomic E-state index is 15.5. The second-order valence-electron chi connectivity index (χ2n) is 12.3. The molecule has 3 fully saturated rings. The van der Waals surface area contributed by atoms with Gasteiger partial charge in [0, 0.05) is 50.2 Å². The fourth-order valence-corrected chi connectivity index (χ4v) is 6.97. The Bertz CT molecular complexity index is 1940. The number of hydrogen-bond acceptors (Lipinski definition) is 9. The molecule has 2 aliphatic heterocycles. The van der Waals surface area contributed by atoms with E-state index in [0.29, 0.717) is 5.52 Å². The Hall–Kier alpha value is -4.57.